The number of nitrogens with zero attached hydrogens (tertiary/aromatic N) is 5. The summed E-state index contributed by atoms with van der Waals surface area (Å²) in [4.78, 5) is 33.7. The first-order chi connectivity index (χ1) is 15.6. The zero-order chi connectivity index (χ0) is 22.0. The number of morpholine rings is 1. The van der Waals surface area contributed by atoms with E-state index in [2.05, 4.69) is 10.1 Å². The lowest BCUT2D eigenvalue weighted by molar-refractivity contribution is -0.140. The number of hydrogen-bond donors (Lipinski definition) is 0. The van der Waals surface area contributed by atoms with Crippen molar-refractivity contribution in [3.05, 3.63) is 72.7 Å². The van der Waals surface area contributed by atoms with Gasteiger partial charge in [-0.3, -0.25) is 9.59 Å². The molecule has 2 amide bonds. The summed E-state index contributed by atoms with van der Waals surface area (Å²) < 4.78 is 7.75. The van der Waals surface area contributed by atoms with Gasteiger partial charge in [0.2, 0.25) is 0 Å². The van der Waals surface area contributed by atoms with Gasteiger partial charge in [-0.25, -0.2) is 9.67 Å². The normalized spacial score (nSPS) is 21.6. The molecular weight excluding hydrogens is 406 g/mol. The van der Waals surface area contributed by atoms with Crippen LogP contribution in [-0.4, -0.2) is 63.3 Å². The minimum absolute atomic E-state index is 0.0256. The number of hydrogen-bond acceptors (Lipinski definition) is 5. The van der Waals surface area contributed by atoms with Crippen molar-refractivity contribution in [3.8, 4) is 5.82 Å². The Morgan fingerprint density at radius 1 is 1.03 bits per heavy atom. The molecule has 4 heterocycles. The highest BCUT2D eigenvalue weighted by atomic mass is 16.5. The van der Waals surface area contributed by atoms with E-state index >= 15 is 0 Å². The van der Waals surface area contributed by atoms with E-state index in [0.29, 0.717) is 37.4 Å². The molecule has 2 fully saturated rings. The number of pyridine rings is 1. The summed E-state index contributed by atoms with van der Waals surface area (Å²) in [5.74, 6) is 0.610. The highest BCUT2D eigenvalue weighted by Crippen LogP contribution is 2.33. The number of rotatable bonds is 3. The van der Waals surface area contributed by atoms with Crippen LogP contribution in [0.4, 0.5) is 5.69 Å². The van der Waals surface area contributed by atoms with Gasteiger partial charge in [0.25, 0.3) is 11.8 Å². The largest absolute Gasteiger partial charge is 0.363 e. The molecule has 0 saturated carbocycles. The summed E-state index contributed by atoms with van der Waals surface area (Å²) >= 11 is 0. The van der Waals surface area contributed by atoms with Crippen molar-refractivity contribution in [3.63, 3.8) is 0 Å². The third-order valence-corrected chi connectivity index (χ3v) is 6.24. The second kappa shape index (κ2) is 8.55. The number of aromatic nitrogens is 3. The third-order valence-electron chi connectivity index (χ3n) is 6.24. The van der Waals surface area contributed by atoms with Crippen LogP contribution in [0.25, 0.3) is 5.82 Å². The fourth-order valence-electron chi connectivity index (χ4n) is 4.47. The molecule has 1 spiro atoms. The Hall–Kier alpha value is -3.52. The van der Waals surface area contributed by atoms with Crippen molar-refractivity contribution in [1.29, 1.82) is 0 Å². The number of anilines is 1. The summed E-state index contributed by atoms with van der Waals surface area (Å²) in [5.41, 5.74) is 1.02. The molecule has 5 rings (SSSR count). The van der Waals surface area contributed by atoms with E-state index in [4.69, 9.17) is 4.74 Å². The molecule has 2 aromatic heterocycles. The zero-order valence-electron chi connectivity index (χ0n) is 17.8. The van der Waals surface area contributed by atoms with Gasteiger partial charge in [-0.15, -0.1) is 0 Å². The fourth-order valence-corrected chi connectivity index (χ4v) is 4.47. The van der Waals surface area contributed by atoms with Gasteiger partial charge in [0, 0.05) is 37.4 Å². The highest BCUT2D eigenvalue weighted by Gasteiger charge is 2.42. The molecule has 0 N–H and O–H groups in total. The first-order valence-electron chi connectivity index (χ1n) is 10.9. The number of carbonyl (C=O) groups excluding carboxylic acids is 2. The van der Waals surface area contributed by atoms with Crippen LogP contribution in [0.5, 0.6) is 0 Å². The summed E-state index contributed by atoms with van der Waals surface area (Å²) in [5, 5.41) is 4.16. The summed E-state index contributed by atoms with van der Waals surface area (Å²) in [6, 6.07) is 15.1. The van der Waals surface area contributed by atoms with Gasteiger partial charge in [-0.1, -0.05) is 18.2 Å². The van der Waals surface area contributed by atoms with Crippen molar-refractivity contribution in [2.75, 3.05) is 31.1 Å². The lowest BCUT2D eigenvalue weighted by Crippen LogP contribution is -2.55. The van der Waals surface area contributed by atoms with Crippen molar-refractivity contribution in [1.82, 2.24) is 19.7 Å². The molecule has 0 radical (unpaired) electrons. The van der Waals surface area contributed by atoms with E-state index in [0.717, 1.165) is 18.5 Å². The van der Waals surface area contributed by atoms with Gasteiger partial charge in [0.1, 0.15) is 6.61 Å². The predicted octanol–water partition coefficient (Wildman–Crippen LogP) is 2.70. The van der Waals surface area contributed by atoms with Crippen LogP contribution < -0.4 is 4.90 Å². The zero-order valence-corrected chi connectivity index (χ0v) is 17.8. The molecule has 2 aliphatic heterocycles. The van der Waals surface area contributed by atoms with E-state index in [1.807, 2.05) is 52.4 Å². The van der Waals surface area contributed by atoms with Gasteiger partial charge in [-0.2, -0.15) is 5.10 Å². The Balaban J connectivity index is 1.27. The second-order valence-electron chi connectivity index (χ2n) is 8.29. The summed E-state index contributed by atoms with van der Waals surface area (Å²) in [6.07, 6.45) is 7.42. The monoisotopic (exact) mass is 431 g/mol. The molecule has 1 atom stereocenters. The minimum Gasteiger partial charge on any atom is -0.363 e. The molecule has 8 nitrogen and oxygen atoms in total. The maximum Gasteiger partial charge on any atom is 0.255 e. The van der Waals surface area contributed by atoms with Crippen molar-refractivity contribution < 1.29 is 14.3 Å². The molecule has 0 aliphatic carbocycles. The number of amides is 2. The predicted molar refractivity (Wildman–Crippen MR) is 119 cm³/mol. The van der Waals surface area contributed by atoms with Crippen LogP contribution in [0.1, 0.15) is 29.6 Å². The van der Waals surface area contributed by atoms with Gasteiger partial charge >= 0.3 is 0 Å². The molecule has 1 aromatic carbocycles. The minimum atomic E-state index is -0.430. The smallest absolute Gasteiger partial charge is 0.255 e. The standard InChI is InChI=1S/C24H25N5O3/c30-22-17-32-24(18-28(22)20-6-2-1-3-7-20)10-4-13-27(15-11-24)23(31)19-8-9-21(25-16-19)29-14-5-12-26-29/h1-3,5-9,12,14,16H,4,10-11,13,15,17-18H2. The second-order valence-corrected chi connectivity index (χ2v) is 8.29. The third kappa shape index (κ3) is 4.01. The first-order valence-corrected chi connectivity index (χ1v) is 10.9. The Kier molecular flexibility index (Phi) is 5.45. The number of carbonyl (C=O) groups is 2. The van der Waals surface area contributed by atoms with E-state index in [9.17, 15) is 9.59 Å². The van der Waals surface area contributed by atoms with E-state index in [-0.39, 0.29) is 18.4 Å². The number of ether oxygens (including phenoxy) is 1. The van der Waals surface area contributed by atoms with Crippen molar-refractivity contribution >= 4 is 17.5 Å². The molecule has 32 heavy (non-hydrogen) atoms. The molecular formula is C24H25N5O3. The van der Waals surface area contributed by atoms with Crippen LogP contribution in [0.3, 0.4) is 0 Å². The van der Waals surface area contributed by atoms with Gasteiger partial charge in [0.05, 0.1) is 17.7 Å². The van der Waals surface area contributed by atoms with Crippen LogP contribution in [0, 0.1) is 0 Å². The molecule has 2 aliphatic rings. The van der Waals surface area contributed by atoms with Crippen molar-refractivity contribution in [2.24, 2.45) is 0 Å². The average molecular weight is 431 g/mol. The van der Waals surface area contributed by atoms with E-state index in [1.165, 1.54) is 0 Å². The summed E-state index contributed by atoms with van der Waals surface area (Å²) in [7, 11) is 0. The van der Waals surface area contributed by atoms with Crippen LogP contribution in [0.2, 0.25) is 0 Å². The Labute approximate surface area is 186 Å². The van der Waals surface area contributed by atoms with Crippen LogP contribution in [-0.2, 0) is 9.53 Å². The fraction of sp³-hybridized carbons (Fsp3) is 0.333. The average Bonchev–Trinajstić information content (AvgIpc) is 3.30. The lowest BCUT2D eigenvalue weighted by atomic mass is 9.92. The maximum atomic E-state index is 13.1. The number of para-hydroxylation sites is 1. The van der Waals surface area contributed by atoms with E-state index < -0.39 is 5.60 Å². The Bertz CT molecular complexity index is 1080. The Morgan fingerprint density at radius 3 is 2.66 bits per heavy atom. The number of likely N-dealkylation sites (tertiary alicyclic amines) is 1. The molecule has 8 heteroatoms. The molecule has 3 aromatic rings. The maximum absolute atomic E-state index is 13.1. The highest BCUT2D eigenvalue weighted by molar-refractivity contribution is 5.95. The van der Waals surface area contributed by atoms with Gasteiger partial charge in [0.15, 0.2) is 5.82 Å². The van der Waals surface area contributed by atoms with Gasteiger partial charge in [-0.05, 0) is 49.6 Å². The van der Waals surface area contributed by atoms with Gasteiger partial charge < -0.3 is 14.5 Å². The molecule has 2 saturated heterocycles. The Morgan fingerprint density at radius 2 is 1.91 bits per heavy atom. The number of benzene rings is 1. The SMILES string of the molecule is O=C(c1ccc(-n2cccn2)nc1)N1CCCC2(CC1)CN(c1ccccc1)C(=O)CO2. The lowest BCUT2D eigenvalue weighted by Gasteiger charge is -2.42. The first kappa shape index (κ1) is 20.4. The molecule has 164 valence electrons. The van der Waals surface area contributed by atoms with Crippen LogP contribution in [0.15, 0.2) is 67.1 Å². The van der Waals surface area contributed by atoms with Crippen LogP contribution >= 0.6 is 0 Å². The van der Waals surface area contributed by atoms with E-state index in [1.54, 1.807) is 29.2 Å². The van der Waals surface area contributed by atoms with Crippen molar-refractivity contribution in [2.45, 2.75) is 24.9 Å². The quantitative estimate of drug-likeness (QED) is 0.637. The molecule has 0 bridgehead atoms. The topological polar surface area (TPSA) is 80.6 Å². The summed E-state index contributed by atoms with van der Waals surface area (Å²) in [6.45, 7) is 1.82. The molecule has 1 unspecified atom stereocenters.